The lowest BCUT2D eigenvalue weighted by molar-refractivity contribution is 0.238. The topological polar surface area (TPSA) is 41.1 Å². The van der Waals surface area contributed by atoms with E-state index in [1.54, 1.807) is 0 Å². The van der Waals surface area contributed by atoms with E-state index in [2.05, 4.69) is 48.7 Å². The van der Waals surface area contributed by atoms with Crippen molar-refractivity contribution >= 4 is 6.03 Å². The van der Waals surface area contributed by atoms with E-state index < -0.39 is 0 Å². The maximum atomic E-state index is 11.4. The van der Waals surface area contributed by atoms with Crippen LogP contribution in [0, 0.1) is 0 Å². The maximum absolute atomic E-state index is 11.4. The van der Waals surface area contributed by atoms with Crippen LogP contribution < -0.4 is 10.6 Å². The molecule has 0 heterocycles. The van der Waals surface area contributed by atoms with Crippen LogP contribution in [0.15, 0.2) is 24.3 Å². The first-order valence-corrected chi connectivity index (χ1v) is 6.12. The molecule has 0 spiro atoms. The number of amides is 2. The Morgan fingerprint density at radius 3 is 2.18 bits per heavy atom. The fourth-order valence-corrected chi connectivity index (χ4v) is 1.52. The van der Waals surface area contributed by atoms with E-state index in [1.165, 1.54) is 5.56 Å². The standard InChI is InChI=1S/C14H22N2O/c1-10(2)13-7-5-12(6-8-13)9-15-14(17)16-11(3)4/h5-8,10-11H,9H2,1-4H3,(H2,15,16,17). The second-order valence-electron chi connectivity index (χ2n) is 4.88. The van der Waals surface area contributed by atoms with Gasteiger partial charge in [-0.25, -0.2) is 4.79 Å². The quantitative estimate of drug-likeness (QED) is 0.826. The van der Waals surface area contributed by atoms with E-state index in [0.717, 1.165) is 5.56 Å². The molecular weight excluding hydrogens is 212 g/mol. The number of benzene rings is 1. The molecule has 2 N–H and O–H groups in total. The molecule has 94 valence electrons. The maximum Gasteiger partial charge on any atom is 0.315 e. The number of urea groups is 1. The number of carbonyl (C=O) groups excluding carboxylic acids is 1. The summed E-state index contributed by atoms with van der Waals surface area (Å²) in [7, 11) is 0. The highest BCUT2D eigenvalue weighted by Gasteiger charge is 2.02. The zero-order valence-electron chi connectivity index (χ0n) is 11.1. The van der Waals surface area contributed by atoms with Crippen LogP contribution in [0.1, 0.15) is 44.7 Å². The SMILES string of the molecule is CC(C)NC(=O)NCc1ccc(C(C)C)cc1. The van der Waals surface area contributed by atoms with Crippen LogP contribution in [-0.4, -0.2) is 12.1 Å². The highest BCUT2D eigenvalue weighted by molar-refractivity contribution is 5.74. The fraction of sp³-hybridized carbons (Fsp3) is 0.500. The van der Waals surface area contributed by atoms with E-state index in [9.17, 15) is 4.79 Å². The molecule has 1 aromatic carbocycles. The lowest BCUT2D eigenvalue weighted by atomic mass is 10.0. The van der Waals surface area contributed by atoms with Crippen molar-refractivity contribution in [1.82, 2.24) is 10.6 Å². The van der Waals surface area contributed by atoms with Crippen LogP contribution in [0.3, 0.4) is 0 Å². The van der Waals surface area contributed by atoms with Gasteiger partial charge in [-0.05, 0) is 30.9 Å². The normalized spacial score (nSPS) is 10.7. The third-order valence-electron chi connectivity index (χ3n) is 2.52. The molecule has 1 rings (SSSR count). The van der Waals surface area contributed by atoms with E-state index in [4.69, 9.17) is 0 Å². The van der Waals surface area contributed by atoms with Gasteiger partial charge in [0.1, 0.15) is 0 Å². The predicted molar refractivity (Wildman–Crippen MR) is 71.0 cm³/mol. The second-order valence-corrected chi connectivity index (χ2v) is 4.88. The summed E-state index contributed by atoms with van der Waals surface area (Å²) in [5.74, 6) is 0.543. The Balaban J connectivity index is 2.44. The Morgan fingerprint density at radius 1 is 1.12 bits per heavy atom. The van der Waals surface area contributed by atoms with Crippen molar-refractivity contribution < 1.29 is 4.79 Å². The molecule has 0 radical (unpaired) electrons. The summed E-state index contributed by atoms with van der Waals surface area (Å²) < 4.78 is 0. The van der Waals surface area contributed by atoms with Gasteiger partial charge < -0.3 is 10.6 Å². The van der Waals surface area contributed by atoms with Gasteiger partial charge in [0.2, 0.25) is 0 Å². The Labute approximate surface area is 104 Å². The first-order chi connectivity index (χ1) is 7.99. The summed E-state index contributed by atoms with van der Waals surface area (Å²) in [5.41, 5.74) is 2.44. The van der Waals surface area contributed by atoms with Gasteiger partial charge in [0.05, 0.1) is 0 Å². The average Bonchev–Trinajstić information content (AvgIpc) is 2.26. The number of hydrogen-bond donors (Lipinski definition) is 2. The van der Waals surface area contributed by atoms with Crippen LogP contribution in [0.5, 0.6) is 0 Å². The lowest BCUT2D eigenvalue weighted by Crippen LogP contribution is -2.39. The summed E-state index contributed by atoms with van der Waals surface area (Å²) in [6.45, 7) is 8.79. The molecule has 0 aromatic heterocycles. The molecule has 0 bridgehead atoms. The zero-order valence-corrected chi connectivity index (χ0v) is 11.1. The van der Waals surface area contributed by atoms with Crippen LogP contribution in [0.4, 0.5) is 4.79 Å². The smallest absolute Gasteiger partial charge is 0.315 e. The summed E-state index contributed by atoms with van der Waals surface area (Å²) in [5, 5.41) is 5.62. The molecule has 3 heteroatoms. The molecule has 0 aliphatic rings. The van der Waals surface area contributed by atoms with Crippen molar-refractivity contribution in [2.24, 2.45) is 0 Å². The molecule has 3 nitrogen and oxygen atoms in total. The summed E-state index contributed by atoms with van der Waals surface area (Å²) in [6, 6.07) is 8.39. The molecular formula is C14H22N2O. The molecule has 0 unspecified atom stereocenters. The van der Waals surface area contributed by atoms with Crippen LogP contribution in [0.25, 0.3) is 0 Å². The average molecular weight is 234 g/mol. The molecule has 2 amide bonds. The number of hydrogen-bond acceptors (Lipinski definition) is 1. The molecule has 0 saturated heterocycles. The largest absolute Gasteiger partial charge is 0.336 e. The minimum atomic E-state index is -0.118. The molecule has 0 aliphatic heterocycles. The van der Waals surface area contributed by atoms with Crippen molar-refractivity contribution in [3.8, 4) is 0 Å². The van der Waals surface area contributed by atoms with E-state index >= 15 is 0 Å². The molecule has 0 aliphatic carbocycles. The molecule has 0 atom stereocenters. The van der Waals surface area contributed by atoms with Crippen molar-refractivity contribution in [2.45, 2.75) is 46.2 Å². The highest BCUT2D eigenvalue weighted by atomic mass is 16.2. The number of carbonyl (C=O) groups is 1. The van der Waals surface area contributed by atoms with Crippen LogP contribution in [0.2, 0.25) is 0 Å². The number of nitrogens with one attached hydrogen (secondary N) is 2. The third-order valence-corrected chi connectivity index (χ3v) is 2.52. The van der Waals surface area contributed by atoms with Crippen LogP contribution in [-0.2, 0) is 6.54 Å². The summed E-state index contributed by atoms with van der Waals surface area (Å²) in [4.78, 5) is 11.4. The minimum Gasteiger partial charge on any atom is -0.336 e. The van der Waals surface area contributed by atoms with E-state index in [0.29, 0.717) is 12.5 Å². The third kappa shape index (κ3) is 4.89. The minimum absolute atomic E-state index is 0.118. The molecule has 17 heavy (non-hydrogen) atoms. The van der Waals surface area contributed by atoms with Gasteiger partial charge in [-0.2, -0.15) is 0 Å². The van der Waals surface area contributed by atoms with Crippen molar-refractivity contribution in [3.63, 3.8) is 0 Å². The van der Waals surface area contributed by atoms with Gasteiger partial charge in [-0.15, -0.1) is 0 Å². The second kappa shape index (κ2) is 6.28. The van der Waals surface area contributed by atoms with Crippen LogP contribution >= 0.6 is 0 Å². The number of rotatable bonds is 4. The van der Waals surface area contributed by atoms with Crippen molar-refractivity contribution in [1.29, 1.82) is 0 Å². The predicted octanol–water partition coefficient (Wildman–Crippen LogP) is 3.02. The van der Waals surface area contributed by atoms with Crippen molar-refractivity contribution in [3.05, 3.63) is 35.4 Å². The molecule has 0 fully saturated rings. The lowest BCUT2D eigenvalue weighted by Gasteiger charge is -2.11. The van der Waals surface area contributed by atoms with E-state index in [-0.39, 0.29) is 12.1 Å². The Morgan fingerprint density at radius 2 is 1.71 bits per heavy atom. The Kier molecular flexibility index (Phi) is 5.01. The summed E-state index contributed by atoms with van der Waals surface area (Å²) in [6.07, 6.45) is 0. The van der Waals surface area contributed by atoms with E-state index in [1.807, 2.05) is 13.8 Å². The Bertz CT molecular complexity index is 355. The van der Waals surface area contributed by atoms with Gasteiger partial charge >= 0.3 is 6.03 Å². The van der Waals surface area contributed by atoms with Gasteiger partial charge in [0, 0.05) is 12.6 Å². The van der Waals surface area contributed by atoms with Gasteiger partial charge in [-0.3, -0.25) is 0 Å². The Hall–Kier alpha value is -1.51. The fourth-order valence-electron chi connectivity index (χ4n) is 1.52. The monoisotopic (exact) mass is 234 g/mol. The molecule has 1 aromatic rings. The molecule has 0 saturated carbocycles. The zero-order chi connectivity index (χ0) is 12.8. The van der Waals surface area contributed by atoms with Gasteiger partial charge in [0.15, 0.2) is 0 Å². The first-order valence-electron chi connectivity index (χ1n) is 6.12. The summed E-state index contributed by atoms with van der Waals surface area (Å²) >= 11 is 0. The van der Waals surface area contributed by atoms with Crippen molar-refractivity contribution in [2.75, 3.05) is 0 Å². The first kappa shape index (κ1) is 13.6. The highest BCUT2D eigenvalue weighted by Crippen LogP contribution is 2.14. The van der Waals surface area contributed by atoms with Gasteiger partial charge in [-0.1, -0.05) is 38.1 Å². The van der Waals surface area contributed by atoms with Gasteiger partial charge in [0.25, 0.3) is 0 Å².